The Kier molecular flexibility index (Phi) is 12.6. The molecule has 2 aromatic carbocycles. The van der Waals surface area contributed by atoms with Gasteiger partial charge >= 0.3 is 6.36 Å². The number of aliphatic hydroxyl groups excluding tert-OH is 1. The third-order valence-electron chi connectivity index (χ3n) is 6.70. The average molecular weight is 666 g/mol. The molecule has 0 saturated carbocycles. The van der Waals surface area contributed by atoms with Gasteiger partial charge in [0.2, 0.25) is 26.0 Å². The van der Waals surface area contributed by atoms with Crippen LogP contribution in [0.4, 0.5) is 13.2 Å². The van der Waals surface area contributed by atoms with Gasteiger partial charge in [0.1, 0.15) is 5.75 Å². The van der Waals surface area contributed by atoms with Crippen LogP contribution in [0.25, 0.3) is 0 Å². The van der Waals surface area contributed by atoms with Crippen molar-refractivity contribution in [1.82, 2.24) is 14.3 Å². The van der Waals surface area contributed by atoms with E-state index in [4.69, 9.17) is 4.74 Å². The highest BCUT2D eigenvalue weighted by Crippen LogP contribution is 2.26. The fourth-order valence-electron chi connectivity index (χ4n) is 4.64. The fourth-order valence-corrected chi connectivity index (χ4v) is 7.62. The lowest BCUT2D eigenvalue weighted by atomic mass is 10.0. The Hall–Kier alpha value is -2.76. The number of ether oxygens (including phenoxy) is 2. The molecule has 0 radical (unpaired) electrons. The SMILES string of the molecule is CC(C)CN(C[C@@H](O)[C@H](Cc1ccccc1)NC(=O)CNS(=O)(=O)C[C@H]1CCOC1)S(=O)(=O)c1ccc(OC(F)(F)F)cc1. The maximum absolute atomic E-state index is 13.5. The van der Waals surface area contributed by atoms with Gasteiger partial charge in [-0.3, -0.25) is 4.79 Å². The van der Waals surface area contributed by atoms with Crippen LogP contribution in [0.5, 0.6) is 5.75 Å². The number of rotatable bonds is 16. The summed E-state index contributed by atoms with van der Waals surface area (Å²) in [5, 5.41) is 13.9. The maximum Gasteiger partial charge on any atom is 0.573 e. The van der Waals surface area contributed by atoms with E-state index < -0.39 is 63.3 Å². The zero-order chi connectivity index (χ0) is 32.5. The number of hydrogen-bond acceptors (Lipinski definition) is 8. The molecule has 0 bridgehead atoms. The van der Waals surface area contributed by atoms with Crippen LogP contribution in [0.2, 0.25) is 0 Å². The maximum atomic E-state index is 13.5. The van der Waals surface area contributed by atoms with Crippen LogP contribution < -0.4 is 14.8 Å². The third-order valence-corrected chi connectivity index (χ3v) is 10.0. The van der Waals surface area contributed by atoms with Crippen molar-refractivity contribution >= 4 is 26.0 Å². The molecule has 3 N–H and O–H groups in total. The summed E-state index contributed by atoms with van der Waals surface area (Å²) in [5.74, 6) is -1.89. The van der Waals surface area contributed by atoms with E-state index in [1.54, 1.807) is 44.2 Å². The molecule has 0 aliphatic carbocycles. The molecule has 0 spiro atoms. The van der Waals surface area contributed by atoms with Crippen LogP contribution in [0.3, 0.4) is 0 Å². The van der Waals surface area contributed by atoms with Crippen LogP contribution in [0.1, 0.15) is 25.8 Å². The van der Waals surface area contributed by atoms with Gasteiger partial charge in [-0.05, 0) is 54.5 Å². The molecule has 3 rings (SSSR count). The van der Waals surface area contributed by atoms with Gasteiger partial charge in [0, 0.05) is 19.7 Å². The minimum absolute atomic E-state index is 0.0448. The van der Waals surface area contributed by atoms with Crippen LogP contribution in [0, 0.1) is 11.8 Å². The number of hydrogen-bond donors (Lipinski definition) is 3. The van der Waals surface area contributed by atoms with Crippen molar-refractivity contribution in [3.8, 4) is 5.75 Å². The number of carbonyl (C=O) groups is 1. The first-order valence-corrected chi connectivity index (χ1v) is 17.1. The lowest BCUT2D eigenvalue weighted by Crippen LogP contribution is -2.52. The van der Waals surface area contributed by atoms with E-state index >= 15 is 0 Å². The van der Waals surface area contributed by atoms with Crippen LogP contribution in [0.15, 0.2) is 59.5 Å². The molecule has 2 aromatic rings. The Balaban J connectivity index is 1.76. The number of alkyl halides is 3. The largest absolute Gasteiger partial charge is 0.573 e. The van der Waals surface area contributed by atoms with E-state index in [1.165, 1.54) is 0 Å². The third kappa shape index (κ3) is 11.6. The van der Waals surface area contributed by atoms with Gasteiger partial charge in [0.05, 0.1) is 35.9 Å². The van der Waals surface area contributed by atoms with Gasteiger partial charge in [0.25, 0.3) is 0 Å². The second kappa shape index (κ2) is 15.5. The summed E-state index contributed by atoms with van der Waals surface area (Å²) in [7, 11) is -8.09. The molecule has 1 saturated heterocycles. The van der Waals surface area contributed by atoms with Crippen molar-refractivity contribution in [2.45, 2.75) is 50.1 Å². The summed E-state index contributed by atoms with van der Waals surface area (Å²) in [4.78, 5) is 12.5. The quantitative estimate of drug-likeness (QED) is 0.247. The number of sulfonamides is 2. The smallest absolute Gasteiger partial charge is 0.406 e. The molecular weight excluding hydrogens is 627 g/mol. The van der Waals surface area contributed by atoms with Crippen molar-refractivity contribution in [3.63, 3.8) is 0 Å². The zero-order valence-electron chi connectivity index (χ0n) is 24.4. The Morgan fingerprint density at radius 2 is 1.73 bits per heavy atom. The summed E-state index contributed by atoms with van der Waals surface area (Å²) < 4.78 is 102. The average Bonchev–Trinajstić information content (AvgIpc) is 3.43. The number of carbonyl (C=O) groups excluding carboxylic acids is 1. The van der Waals surface area contributed by atoms with Crippen LogP contribution >= 0.6 is 0 Å². The normalized spacial score (nSPS) is 17.5. The summed E-state index contributed by atoms with van der Waals surface area (Å²) in [6.45, 7) is 3.20. The number of aliphatic hydroxyl groups is 1. The van der Waals surface area contributed by atoms with E-state index in [9.17, 15) is 39.9 Å². The Morgan fingerprint density at radius 1 is 1.07 bits per heavy atom. The lowest BCUT2D eigenvalue weighted by molar-refractivity contribution is -0.274. The highest BCUT2D eigenvalue weighted by atomic mass is 32.2. The molecule has 0 unspecified atom stereocenters. The number of benzene rings is 2. The van der Waals surface area contributed by atoms with Crippen LogP contribution in [-0.2, 0) is 36.0 Å². The zero-order valence-corrected chi connectivity index (χ0v) is 26.0. The standard InChI is InChI=1S/C28H38F3N3O8S2/c1-20(2)16-34(44(39,40)24-10-8-23(9-11-24)42-28(29,30)31)17-26(35)25(14-21-6-4-3-5-7-21)33-27(36)15-32-43(37,38)19-22-12-13-41-18-22/h3-11,20,22,25-26,32,35H,12-19H2,1-2H3,(H,33,36)/t22-,25-,26+/m0/s1. The second-order valence-electron chi connectivity index (χ2n) is 11.0. The van der Waals surface area contributed by atoms with Gasteiger partial charge in [0.15, 0.2) is 0 Å². The number of amides is 1. The molecule has 0 aromatic heterocycles. The van der Waals surface area contributed by atoms with Crippen molar-refractivity contribution in [3.05, 3.63) is 60.2 Å². The van der Waals surface area contributed by atoms with Crippen LogP contribution in [-0.4, -0.2) is 89.3 Å². The molecular formula is C28H38F3N3O8S2. The van der Waals surface area contributed by atoms with Crippen molar-refractivity contribution < 1.29 is 49.4 Å². The van der Waals surface area contributed by atoms with Gasteiger partial charge in [-0.1, -0.05) is 44.2 Å². The summed E-state index contributed by atoms with van der Waals surface area (Å²) in [5.41, 5.74) is 0.720. The molecule has 246 valence electrons. The summed E-state index contributed by atoms with van der Waals surface area (Å²) >= 11 is 0. The van der Waals surface area contributed by atoms with E-state index in [2.05, 4.69) is 14.8 Å². The first kappa shape index (κ1) is 35.7. The number of nitrogens with zero attached hydrogens (tertiary/aromatic N) is 1. The Morgan fingerprint density at radius 3 is 2.30 bits per heavy atom. The first-order valence-electron chi connectivity index (χ1n) is 14.0. The topological polar surface area (TPSA) is 151 Å². The molecule has 16 heteroatoms. The van der Waals surface area contributed by atoms with Crippen molar-refractivity contribution in [1.29, 1.82) is 0 Å². The number of nitrogens with one attached hydrogen (secondary N) is 2. The second-order valence-corrected chi connectivity index (χ2v) is 14.8. The molecule has 1 fully saturated rings. The van der Waals surface area contributed by atoms with Gasteiger partial charge in [-0.25, -0.2) is 21.6 Å². The Bertz CT molecular complexity index is 1420. The molecule has 44 heavy (non-hydrogen) atoms. The lowest BCUT2D eigenvalue weighted by Gasteiger charge is -2.31. The molecule has 1 heterocycles. The van der Waals surface area contributed by atoms with Gasteiger partial charge < -0.3 is 19.9 Å². The van der Waals surface area contributed by atoms with Crippen molar-refractivity contribution in [2.75, 3.05) is 38.6 Å². The molecule has 1 aliphatic heterocycles. The predicted octanol–water partition coefficient (Wildman–Crippen LogP) is 2.28. The highest BCUT2D eigenvalue weighted by Gasteiger charge is 2.33. The molecule has 3 atom stereocenters. The molecule has 1 amide bonds. The Labute approximate surface area is 255 Å². The van der Waals surface area contributed by atoms with E-state index in [0.29, 0.717) is 19.6 Å². The monoisotopic (exact) mass is 665 g/mol. The summed E-state index contributed by atoms with van der Waals surface area (Å²) in [6.07, 6.45) is -5.71. The van der Waals surface area contributed by atoms with E-state index in [1.807, 2.05) is 0 Å². The highest BCUT2D eigenvalue weighted by molar-refractivity contribution is 7.89. The fraction of sp³-hybridized carbons (Fsp3) is 0.536. The van der Waals surface area contributed by atoms with Gasteiger partial charge in [-0.15, -0.1) is 13.2 Å². The van der Waals surface area contributed by atoms with E-state index in [-0.39, 0.29) is 35.4 Å². The first-order chi connectivity index (χ1) is 20.5. The molecule has 1 aliphatic rings. The summed E-state index contributed by atoms with van der Waals surface area (Å²) in [6, 6.07) is 11.5. The van der Waals surface area contributed by atoms with E-state index in [0.717, 1.165) is 34.1 Å². The minimum atomic E-state index is -4.95. The van der Waals surface area contributed by atoms with Gasteiger partial charge in [-0.2, -0.15) is 4.31 Å². The van der Waals surface area contributed by atoms with Crippen molar-refractivity contribution in [2.24, 2.45) is 11.8 Å². The predicted molar refractivity (Wildman–Crippen MR) is 156 cm³/mol. The minimum Gasteiger partial charge on any atom is -0.406 e. The number of halogens is 3. The molecule has 11 nitrogen and oxygen atoms in total.